The molecule has 7 nitrogen and oxygen atoms in total. The molecule has 0 atom stereocenters. The third kappa shape index (κ3) is 4.40. The van der Waals surface area contributed by atoms with Crippen molar-refractivity contribution in [2.45, 2.75) is 11.3 Å². The Morgan fingerprint density at radius 1 is 1.00 bits per heavy atom. The number of carboxylic acids is 1. The first-order valence-electron chi connectivity index (χ1n) is 7.01. The Balaban J connectivity index is 1.97. The molecule has 0 aliphatic carbocycles. The molecule has 0 unspecified atom stereocenters. The van der Waals surface area contributed by atoms with Crippen LogP contribution in [0.3, 0.4) is 0 Å². The van der Waals surface area contributed by atoms with Crippen LogP contribution in [0.5, 0.6) is 0 Å². The summed E-state index contributed by atoms with van der Waals surface area (Å²) in [5, 5.41) is 16.7. The lowest BCUT2D eigenvalue weighted by molar-refractivity contribution is 0.0691. The van der Waals surface area contributed by atoms with E-state index in [4.69, 9.17) is 10.2 Å². The van der Waals surface area contributed by atoms with Crippen molar-refractivity contribution in [1.82, 2.24) is 5.32 Å². The Kier molecular flexibility index (Phi) is 5.32. The number of carbonyl (C=O) groups is 2. The van der Waals surface area contributed by atoms with E-state index in [1.165, 1.54) is 24.3 Å². The number of hydrogen-bond donors (Lipinski definition) is 3. The maximum Gasteiger partial charge on any atom is 0.336 e. The van der Waals surface area contributed by atoms with Gasteiger partial charge in [-0.1, -0.05) is 24.3 Å². The molecular weight excluding hydrogens is 332 g/mol. The van der Waals surface area contributed by atoms with Crippen molar-refractivity contribution in [2.24, 2.45) is 5.14 Å². The highest BCUT2D eigenvalue weighted by Gasteiger charge is 2.15. The number of primary sulfonamides is 1. The Morgan fingerprint density at radius 2 is 1.58 bits per heavy atom. The highest BCUT2D eigenvalue weighted by molar-refractivity contribution is 7.89. The van der Waals surface area contributed by atoms with Gasteiger partial charge >= 0.3 is 5.97 Å². The Labute approximate surface area is 139 Å². The standard InChI is InChI=1S/C16H16N2O5S/c17-24(22,23)12-7-5-11(6-8-12)9-10-18-15(19)13-3-1-2-4-14(13)16(20)21/h1-8H,9-10H2,(H,18,19)(H,20,21)(H2,17,22,23). The van der Waals surface area contributed by atoms with E-state index < -0.39 is 21.9 Å². The molecule has 0 aromatic heterocycles. The fourth-order valence-electron chi connectivity index (χ4n) is 2.13. The highest BCUT2D eigenvalue weighted by Crippen LogP contribution is 2.10. The van der Waals surface area contributed by atoms with E-state index in [2.05, 4.69) is 5.32 Å². The van der Waals surface area contributed by atoms with Gasteiger partial charge in [0.2, 0.25) is 10.0 Å². The Morgan fingerprint density at radius 3 is 2.12 bits per heavy atom. The molecule has 0 heterocycles. The minimum Gasteiger partial charge on any atom is -0.478 e. The lowest BCUT2D eigenvalue weighted by atomic mass is 10.1. The van der Waals surface area contributed by atoms with E-state index in [-0.39, 0.29) is 22.6 Å². The molecule has 0 aliphatic rings. The zero-order chi connectivity index (χ0) is 17.7. The van der Waals surface area contributed by atoms with Crippen molar-refractivity contribution in [3.05, 3.63) is 65.2 Å². The second-order valence-electron chi connectivity index (χ2n) is 5.05. The van der Waals surface area contributed by atoms with E-state index in [1.807, 2.05) is 0 Å². The largest absolute Gasteiger partial charge is 0.478 e. The number of sulfonamides is 1. The molecule has 0 radical (unpaired) electrons. The lowest BCUT2D eigenvalue weighted by Gasteiger charge is -2.08. The predicted molar refractivity (Wildman–Crippen MR) is 87.3 cm³/mol. The molecule has 0 aliphatic heterocycles. The van der Waals surface area contributed by atoms with Gasteiger partial charge in [-0.3, -0.25) is 4.79 Å². The summed E-state index contributed by atoms with van der Waals surface area (Å²) in [5.41, 5.74) is 0.844. The van der Waals surface area contributed by atoms with Crippen LogP contribution in [0.1, 0.15) is 26.3 Å². The smallest absolute Gasteiger partial charge is 0.336 e. The molecule has 2 rings (SSSR count). The van der Waals surface area contributed by atoms with Gasteiger partial charge in [0.1, 0.15) is 0 Å². The number of nitrogens with two attached hydrogens (primary N) is 1. The summed E-state index contributed by atoms with van der Waals surface area (Å²) in [7, 11) is -3.73. The first kappa shape index (κ1) is 17.6. The van der Waals surface area contributed by atoms with Gasteiger partial charge < -0.3 is 10.4 Å². The van der Waals surface area contributed by atoms with Crippen LogP contribution in [-0.2, 0) is 16.4 Å². The number of benzene rings is 2. The number of nitrogens with one attached hydrogen (secondary N) is 1. The second-order valence-corrected chi connectivity index (χ2v) is 6.61. The van der Waals surface area contributed by atoms with Gasteiger partial charge in [-0.25, -0.2) is 18.4 Å². The molecule has 2 aromatic rings. The quantitative estimate of drug-likeness (QED) is 0.718. The van der Waals surface area contributed by atoms with Crippen LogP contribution < -0.4 is 10.5 Å². The molecule has 126 valence electrons. The minimum absolute atomic E-state index is 0.0191. The average molecular weight is 348 g/mol. The normalized spacial score (nSPS) is 11.0. The Hall–Kier alpha value is -2.71. The first-order valence-corrected chi connectivity index (χ1v) is 8.56. The van der Waals surface area contributed by atoms with Crippen LogP contribution in [0.15, 0.2) is 53.4 Å². The summed E-state index contributed by atoms with van der Waals surface area (Å²) < 4.78 is 22.3. The van der Waals surface area contributed by atoms with Gasteiger partial charge in [-0.15, -0.1) is 0 Å². The third-order valence-electron chi connectivity index (χ3n) is 3.35. The minimum atomic E-state index is -3.73. The van der Waals surface area contributed by atoms with Crippen LogP contribution in [0.2, 0.25) is 0 Å². The second kappa shape index (κ2) is 7.24. The van der Waals surface area contributed by atoms with Gasteiger partial charge in [-0.2, -0.15) is 0 Å². The number of carboxylic acid groups (broad SMARTS) is 1. The van der Waals surface area contributed by atoms with E-state index in [0.717, 1.165) is 5.56 Å². The van der Waals surface area contributed by atoms with E-state index in [1.54, 1.807) is 24.3 Å². The number of hydrogen-bond acceptors (Lipinski definition) is 4. The number of carbonyl (C=O) groups excluding carboxylic acids is 1. The molecule has 0 saturated heterocycles. The molecule has 0 bridgehead atoms. The van der Waals surface area contributed by atoms with Crippen molar-refractivity contribution in [1.29, 1.82) is 0 Å². The van der Waals surface area contributed by atoms with Crippen molar-refractivity contribution >= 4 is 21.9 Å². The summed E-state index contributed by atoms with van der Waals surface area (Å²) >= 11 is 0. The van der Waals surface area contributed by atoms with Crippen molar-refractivity contribution in [2.75, 3.05) is 6.54 Å². The Bertz CT molecular complexity index is 860. The van der Waals surface area contributed by atoms with Crippen molar-refractivity contribution in [3.63, 3.8) is 0 Å². The zero-order valence-electron chi connectivity index (χ0n) is 12.6. The van der Waals surface area contributed by atoms with Gasteiger partial charge in [0.05, 0.1) is 16.0 Å². The fraction of sp³-hybridized carbons (Fsp3) is 0.125. The van der Waals surface area contributed by atoms with Crippen molar-refractivity contribution < 1.29 is 23.1 Å². The van der Waals surface area contributed by atoms with E-state index >= 15 is 0 Å². The van der Waals surface area contributed by atoms with Crippen LogP contribution in [0.4, 0.5) is 0 Å². The van der Waals surface area contributed by atoms with E-state index in [0.29, 0.717) is 6.42 Å². The maximum atomic E-state index is 12.1. The topological polar surface area (TPSA) is 127 Å². The summed E-state index contributed by atoms with van der Waals surface area (Å²) in [5.74, 6) is -1.64. The monoisotopic (exact) mass is 348 g/mol. The fourth-order valence-corrected chi connectivity index (χ4v) is 2.64. The molecule has 0 fully saturated rings. The number of aromatic carboxylic acids is 1. The van der Waals surface area contributed by atoms with Crippen molar-refractivity contribution in [3.8, 4) is 0 Å². The molecule has 4 N–H and O–H groups in total. The molecular formula is C16H16N2O5S. The summed E-state index contributed by atoms with van der Waals surface area (Å²) in [4.78, 5) is 23.2. The van der Waals surface area contributed by atoms with Crippen LogP contribution in [-0.4, -0.2) is 31.9 Å². The zero-order valence-corrected chi connectivity index (χ0v) is 13.4. The van der Waals surface area contributed by atoms with Gasteiger partial charge in [0.15, 0.2) is 0 Å². The summed E-state index contributed by atoms with van der Waals surface area (Å²) in [6.45, 7) is 0.279. The highest BCUT2D eigenvalue weighted by atomic mass is 32.2. The predicted octanol–water partition coefficient (Wildman–Crippen LogP) is 1.00. The van der Waals surface area contributed by atoms with Gasteiger partial charge in [0.25, 0.3) is 5.91 Å². The summed E-state index contributed by atoms with van der Waals surface area (Å²) in [6, 6.07) is 12.0. The number of amides is 1. The SMILES string of the molecule is NS(=O)(=O)c1ccc(CCNC(=O)c2ccccc2C(=O)O)cc1. The lowest BCUT2D eigenvalue weighted by Crippen LogP contribution is -2.27. The molecule has 24 heavy (non-hydrogen) atoms. The molecule has 1 amide bonds. The third-order valence-corrected chi connectivity index (χ3v) is 4.28. The molecule has 0 saturated carbocycles. The first-order chi connectivity index (χ1) is 11.3. The summed E-state index contributed by atoms with van der Waals surface area (Å²) in [6.07, 6.45) is 0.464. The van der Waals surface area contributed by atoms with Gasteiger partial charge in [0, 0.05) is 6.54 Å². The van der Waals surface area contributed by atoms with Crippen LogP contribution in [0.25, 0.3) is 0 Å². The molecule has 2 aromatic carbocycles. The number of rotatable bonds is 6. The maximum absolute atomic E-state index is 12.1. The van der Waals surface area contributed by atoms with E-state index in [9.17, 15) is 18.0 Å². The van der Waals surface area contributed by atoms with Crippen LogP contribution >= 0.6 is 0 Å². The molecule has 0 spiro atoms. The van der Waals surface area contributed by atoms with Crippen LogP contribution in [0, 0.1) is 0 Å². The van der Waals surface area contributed by atoms with Gasteiger partial charge in [-0.05, 0) is 36.2 Å². The average Bonchev–Trinajstić information content (AvgIpc) is 2.54. The molecule has 8 heteroatoms.